The largest absolute Gasteiger partial charge is 0.493 e. The van der Waals surface area contributed by atoms with Gasteiger partial charge in [-0.25, -0.2) is 0 Å². The van der Waals surface area contributed by atoms with Crippen LogP contribution in [0.15, 0.2) is 39.5 Å². The number of ether oxygens (including phenoxy) is 2. The van der Waals surface area contributed by atoms with Crippen molar-refractivity contribution >= 4 is 5.91 Å². The number of aromatic nitrogens is 2. The summed E-state index contributed by atoms with van der Waals surface area (Å²) in [4.78, 5) is 16.7. The van der Waals surface area contributed by atoms with Gasteiger partial charge in [-0.1, -0.05) is 5.16 Å². The number of benzene rings is 1. The molecule has 0 saturated carbocycles. The van der Waals surface area contributed by atoms with E-state index in [1.807, 2.05) is 12.1 Å². The number of nitrogens with one attached hydrogen (secondary N) is 1. The molecule has 152 valence electrons. The van der Waals surface area contributed by atoms with Crippen molar-refractivity contribution in [2.75, 3.05) is 14.2 Å². The predicted molar refractivity (Wildman–Crippen MR) is 104 cm³/mol. The Morgan fingerprint density at radius 1 is 1.28 bits per heavy atom. The predicted octanol–water partition coefficient (Wildman–Crippen LogP) is 3.47. The number of hydrogen-bond donors (Lipinski definition) is 1. The summed E-state index contributed by atoms with van der Waals surface area (Å²) >= 11 is 0. The molecule has 2 aromatic heterocycles. The molecular formula is C21H23N3O5. The molecule has 0 bridgehead atoms. The lowest BCUT2D eigenvalue weighted by Gasteiger charge is -2.16. The molecule has 0 spiro atoms. The van der Waals surface area contributed by atoms with Gasteiger partial charge in [0.2, 0.25) is 17.6 Å². The van der Waals surface area contributed by atoms with E-state index in [4.69, 9.17) is 18.4 Å². The van der Waals surface area contributed by atoms with Gasteiger partial charge in [-0.3, -0.25) is 4.79 Å². The second-order valence-corrected chi connectivity index (χ2v) is 6.91. The lowest BCUT2D eigenvalue weighted by atomic mass is 10.1. The number of furan rings is 1. The number of methoxy groups -OCH3 is 2. The summed E-state index contributed by atoms with van der Waals surface area (Å²) in [7, 11) is 3.24. The highest BCUT2D eigenvalue weighted by Crippen LogP contribution is 2.39. The van der Waals surface area contributed by atoms with Crippen LogP contribution in [0.4, 0.5) is 0 Å². The summed E-state index contributed by atoms with van der Waals surface area (Å²) in [5.74, 6) is 2.87. The van der Waals surface area contributed by atoms with Crippen molar-refractivity contribution in [1.29, 1.82) is 0 Å². The Hall–Kier alpha value is -3.29. The van der Waals surface area contributed by atoms with Crippen molar-refractivity contribution in [3.8, 4) is 23.1 Å². The number of nitrogens with zero attached hydrogens (tertiary/aromatic N) is 2. The van der Waals surface area contributed by atoms with Gasteiger partial charge in [0.1, 0.15) is 0 Å². The average molecular weight is 397 g/mol. The third-order valence-corrected chi connectivity index (χ3v) is 5.06. The van der Waals surface area contributed by atoms with E-state index in [1.54, 1.807) is 32.6 Å². The molecule has 4 rings (SSSR count). The van der Waals surface area contributed by atoms with Gasteiger partial charge in [0, 0.05) is 12.8 Å². The minimum absolute atomic E-state index is 0.00316. The molecule has 1 aliphatic carbocycles. The van der Waals surface area contributed by atoms with Crippen molar-refractivity contribution < 1.29 is 23.2 Å². The van der Waals surface area contributed by atoms with Crippen molar-refractivity contribution in [3.05, 3.63) is 47.5 Å². The summed E-state index contributed by atoms with van der Waals surface area (Å²) in [6.45, 7) is 0. The van der Waals surface area contributed by atoms with Gasteiger partial charge in [0.05, 0.1) is 26.5 Å². The summed E-state index contributed by atoms with van der Waals surface area (Å²) in [5.41, 5.74) is 2.28. The SMILES string of the molecule is COc1cc2c(cc1OC)[C@@H](NC(=O)CCCc1nc(-c3ccco3)no1)CC2. The standard InChI is InChI=1S/C21H23N3O5/c1-26-17-11-13-8-9-15(14(13)12-18(17)27-2)22-19(25)6-3-7-20-23-21(24-29-20)16-5-4-10-28-16/h4-5,10-12,15H,3,6-9H2,1-2H3,(H,22,25)/t15-/m0/s1. The Labute approximate surface area is 168 Å². The Morgan fingerprint density at radius 2 is 2.10 bits per heavy atom. The number of hydrogen-bond acceptors (Lipinski definition) is 7. The van der Waals surface area contributed by atoms with Crippen LogP contribution in [0.1, 0.15) is 42.3 Å². The number of aryl methyl sites for hydroxylation is 2. The topological polar surface area (TPSA) is 99.6 Å². The van der Waals surface area contributed by atoms with Crippen molar-refractivity contribution in [1.82, 2.24) is 15.5 Å². The molecule has 0 aliphatic heterocycles. The fourth-order valence-corrected chi connectivity index (χ4v) is 3.61. The molecule has 0 saturated heterocycles. The molecule has 1 aliphatic rings. The zero-order valence-corrected chi connectivity index (χ0v) is 16.4. The second-order valence-electron chi connectivity index (χ2n) is 6.91. The molecule has 1 atom stereocenters. The molecule has 3 aromatic rings. The van der Waals surface area contributed by atoms with Gasteiger partial charge in [-0.15, -0.1) is 0 Å². The van der Waals surface area contributed by atoms with Gasteiger partial charge in [-0.05, 0) is 54.7 Å². The lowest BCUT2D eigenvalue weighted by molar-refractivity contribution is -0.121. The maximum atomic E-state index is 12.4. The van der Waals surface area contributed by atoms with Gasteiger partial charge in [0.25, 0.3) is 0 Å². The minimum atomic E-state index is -0.00809. The normalized spacial score (nSPS) is 15.2. The third-order valence-electron chi connectivity index (χ3n) is 5.06. The first-order valence-electron chi connectivity index (χ1n) is 9.58. The zero-order valence-electron chi connectivity index (χ0n) is 16.4. The van der Waals surface area contributed by atoms with E-state index in [0.717, 1.165) is 18.4 Å². The van der Waals surface area contributed by atoms with E-state index < -0.39 is 0 Å². The summed E-state index contributed by atoms with van der Waals surface area (Å²) < 4.78 is 21.2. The Bertz CT molecular complexity index is 980. The van der Waals surface area contributed by atoms with E-state index in [0.29, 0.717) is 48.2 Å². The van der Waals surface area contributed by atoms with Crippen LogP contribution in [-0.4, -0.2) is 30.3 Å². The molecule has 2 heterocycles. The molecule has 1 amide bonds. The first kappa shape index (κ1) is 19.0. The fourth-order valence-electron chi connectivity index (χ4n) is 3.61. The molecule has 0 radical (unpaired) electrons. The first-order chi connectivity index (χ1) is 14.2. The lowest BCUT2D eigenvalue weighted by Crippen LogP contribution is -2.27. The summed E-state index contributed by atoms with van der Waals surface area (Å²) in [6, 6.07) is 7.48. The number of amides is 1. The van der Waals surface area contributed by atoms with Gasteiger partial charge in [0.15, 0.2) is 17.3 Å². The van der Waals surface area contributed by atoms with E-state index in [9.17, 15) is 4.79 Å². The monoisotopic (exact) mass is 397 g/mol. The smallest absolute Gasteiger partial charge is 0.238 e. The quantitative estimate of drug-likeness (QED) is 0.621. The Balaban J connectivity index is 1.30. The Morgan fingerprint density at radius 3 is 2.86 bits per heavy atom. The van der Waals surface area contributed by atoms with Crippen LogP contribution in [0, 0.1) is 0 Å². The van der Waals surface area contributed by atoms with Crippen LogP contribution in [0.3, 0.4) is 0 Å². The van der Waals surface area contributed by atoms with E-state index >= 15 is 0 Å². The number of rotatable bonds is 8. The minimum Gasteiger partial charge on any atom is -0.493 e. The molecule has 1 N–H and O–H groups in total. The van der Waals surface area contributed by atoms with Crippen LogP contribution < -0.4 is 14.8 Å². The van der Waals surface area contributed by atoms with E-state index in [1.165, 1.54) is 5.56 Å². The van der Waals surface area contributed by atoms with Crippen LogP contribution in [0.25, 0.3) is 11.6 Å². The first-order valence-corrected chi connectivity index (χ1v) is 9.58. The Kier molecular flexibility index (Phi) is 5.50. The molecule has 1 aromatic carbocycles. The highest BCUT2D eigenvalue weighted by atomic mass is 16.5. The van der Waals surface area contributed by atoms with Gasteiger partial charge in [-0.2, -0.15) is 4.98 Å². The number of carbonyl (C=O) groups is 1. The molecule has 0 fully saturated rings. The highest BCUT2D eigenvalue weighted by Gasteiger charge is 2.26. The molecule has 8 heteroatoms. The van der Waals surface area contributed by atoms with Crippen LogP contribution in [0.5, 0.6) is 11.5 Å². The average Bonchev–Trinajstić information content (AvgIpc) is 3.48. The number of carbonyl (C=O) groups excluding carboxylic acids is 1. The molecular weight excluding hydrogens is 374 g/mol. The fraction of sp³-hybridized carbons (Fsp3) is 0.381. The number of fused-ring (bicyclic) bond motifs is 1. The van der Waals surface area contributed by atoms with Crippen molar-refractivity contribution in [2.24, 2.45) is 0 Å². The van der Waals surface area contributed by atoms with Crippen molar-refractivity contribution in [2.45, 2.75) is 38.1 Å². The van der Waals surface area contributed by atoms with Crippen LogP contribution in [0.2, 0.25) is 0 Å². The van der Waals surface area contributed by atoms with E-state index in [-0.39, 0.29) is 11.9 Å². The van der Waals surface area contributed by atoms with Gasteiger partial charge >= 0.3 is 0 Å². The van der Waals surface area contributed by atoms with Crippen LogP contribution >= 0.6 is 0 Å². The zero-order chi connectivity index (χ0) is 20.2. The van der Waals surface area contributed by atoms with Crippen LogP contribution in [-0.2, 0) is 17.6 Å². The second kappa shape index (κ2) is 8.38. The third kappa shape index (κ3) is 4.11. The summed E-state index contributed by atoms with van der Waals surface area (Å²) in [6.07, 6.45) is 4.87. The van der Waals surface area contributed by atoms with Crippen molar-refractivity contribution in [3.63, 3.8) is 0 Å². The maximum absolute atomic E-state index is 12.4. The van der Waals surface area contributed by atoms with Gasteiger partial charge < -0.3 is 23.7 Å². The molecule has 8 nitrogen and oxygen atoms in total. The molecule has 0 unspecified atom stereocenters. The maximum Gasteiger partial charge on any atom is 0.238 e. The highest BCUT2D eigenvalue weighted by molar-refractivity contribution is 5.76. The van der Waals surface area contributed by atoms with E-state index in [2.05, 4.69) is 15.5 Å². The summed E-state index contributed by atoms with van der Waals surface area (Å²) in [5, 5.41) is 7.01. The molecule has 29 heavy (non-hydrogen) atoms.